The number of carbonyl (C=O) groups is 1. The molecular formula is C10H15N3O. The zero-order valence-corrected chi connectivity index (χ0v) is 8.53. The lowest BCUT2D eigenvalue weighted by molar-refractivity contribution is 0.200. The van der Waals surface area contributed by atoms with E-state index in [1.807, 2.05) is 19.1 Å². The van der Waals surface area contributed by atoms with E-state index in [0.29, 0.717) is 13.1 Å². The second-order valence-corrected chi connectivity index (χ2v) is 2.92. The smallest absolute Gasteiger partial charge is 0.317 e. The van der Waals surface area contributed by atoms with Crippen molar-refractivity contribution in [1.82, 2.24) is 15.2 Å². The van der Waals surface area contributed by atoms with Crippen molar-refractivity contribution < 1.29 is 4.79 Å². The summed E-state index contributed by atoms with van der Waals surface area (Å²) in [5.74, 6) is 0. The number of amides is 2. The molecule has 0 atom stereocenters. The largest absolute Gasteiger partial charge is 0.341 e. The molecule has 0 aliphatic carbocycles. The second kappa shape index (κ2) is 5.21. The fourth-order valence-corrected chi connectivity index (χ4v) is 1.19. The van der Waals surface area contributed by atoms with E-state index in [-0.39, 0.29) is 6.03 Å². The third kappa shape index (κ3) is 2.73. The summed E-state index contributed by atoms with van der Waals surface area (Å²) >= 11 is 0. The number of hydrogen-bond donors (Lipinski definition) is 1. The molecule has 0 aromatic carbocycles. The normalized spacial score (nSPS) is 9.57. The fraction of sp³-hybridized carbons (Fsp3) is 0.400. The minimum absolute atomic E-state index is 0.0516. The van der Waals surface area contributed by atoms with Crippen LogP contribution in [-0.2, 0) is 6.54 Å². The van der Waals surface area contributed by atoms with E-state index in [4.69, 9.17) is 0 Å². The molecule has 4 nitrogen and oxygen atoms in total. The van der Waals surface area contributed by atoms with E-state index >= 15 is 0 Å². The quantitative estimate of drug-likeness (QED) is 0.785. The van der Waals surface area contributed by atoms with Crippen LogP contribution in [0, 0.1) is 0 Å². The zero-order valence-electron chi connectivity index (χ0n) is 8.53. The molecule has 1 heterocycles. The Kier molecular flexibility index (Phi) is 3.91. The number of aromatic nitrogens is 1. The minimum Gasteiger partial charge on any atom is -0.341 e. The van der Waals surface area contributed by atoms with E-state index in [9.17, 15) is 4.79 Å². The average Bonchev–Trinajstić information content (AvgIpc) is 2.26. The average molecular weight is 193 g/mol. The second-order valence-electron chi connectivity index (χ2n) is 2.92. The Bertz CT molecular complexity index is 287. The SMILES string of the molecule is CCN(Cc1ccncc1)C(=O)NC. The maximum Gasteiger partial charge on any atom is 0.317 e. The molecule has 1 aromatic heterocycles. The molecule has 0 fully saturated rings. The molecular weight excluding hydrogens is 178 g/mol. The topological polar surface area (TPSA) is 45.2 Å². The van der Waals surface area contributed by atoms with Crippen molar-refractivity contribution in [1.29, 1.82) is 0 Å². The highest BCUT2D eigenvalue weighted by atomic mass is 16.2. The van der Waals surface area contributed by atoms with Crippen molar-refractivity contribution >= 4 is 6.03 Å². The summed E-state index contributed by atoms with van der Waals surface area (Å²) < 4.78 is 0. The molecule has 0 bridgehead atoms. The van der Waals surface area contributed by atoms with E-state index in [1.54, 1.807) is 24.3 Å². The van der Waals surface area contributed by atoms with Crippen LogP contribution in [0.25, 0.3) is 0 Å². The molecule has 0 spiro atoms. The predicted octanol–water partition coefficient (Wildman–Crippen LogP) is 1.24. The molecule has 14 heavy (non-hydrogen) atoms. The summed E-state index contributed by atoms with van der Waals surface area (Å²) in [4.78, 5) is 17.0. The summed E-state index contributed by atoms with van der Waals surface area (Å²) in [5, 5.41) is 2.61. The summed E-state index contributed by atoms with van der Waals surface area (Å²) in [6.45, 7) is 3.27. The van der Waals surface area contributed by atoms with Gasteiger partial charge in [0.1, 0.15) is 0 Å². The van der Waals surface area contributed by atoms with Gasteiger partial charge in [-0.3, -0.25) is 4.98 Å². The van der Waals surface area contributed by atoms with Crippen molar-refractivity contribution in [3.63, 3.8) is 0 Å². The highest BCUT2D eigenvalue weighted by molar-refractivity contribution is 5.73. The van der Waals surface area contributed by atoms with Crippen molar-refractivity contribution in [3.05, 3.63) is 30.1 Å². The first-order valence-corrected chi connectivity index (χ1v) is 4.63. The number of urea groups is 1. The molecule has 0 aliphatic heterocycles. The van der Waals surface area contributed by atoms with Crippen LogP contribution in [0.2, 0.25) is 0 Å². The van der Waals surface area contributed by atoms with Crippen LogP contribution < -0.4 is 5.32 Å². The number of nitrogens with zero attached hydrogens (tertiary/aromatic N) is 2. The molecule has 0 unspecified atom stereocenters. The van der Waals surface area contributed by atoms with Gasteiger partial charge in [0.2, 0.25) is 0 Å². The first kappa shape index (κ1) is 10.5. The lowest BCUT2D eigenvalue weighted by Crippen LogP contribution is -2.37. The number of hydrogen-bond acceptors (Lipinski definition) is 2. The molecule has 4 heteroatoms. The summed E-state index contributed by atoms with van der Waals surface area (Å²) in [6.07, 6.45) is 3.46. The number of nitrogens with one attached hydrogen (secondary N) is 1. The van der Waals surface area contributed by atoms with Crippen molar-refractivity contribution in [3.8, 4) is 0 Å². The highest BCUT2D eigenvalue weighted by Gasteiger charge is 2.08. The number of pyridine rings is 1. The highest BCUT2D eigenvalue weighted by Crippen LogP contribution is 2.02. The predicted molar refractivity (Wildman–Crippen MR) is 54.8 cm³/mol. The standard InChI is InChI=1S/C10H15N3O/c1-3-13(10(14)11-2)8-9-4-6-12-7-5-9/h4-7H,3,8H2,1-2H3,(H,11,14). The minimum atomic E-state index is -0.0516. The van der Waals surface area contributed by atoms with Gasteiger partial charge in [-0.05, 0) is 24.6 Å². The maximum absolute atomic E-state index is 11.3. The van der Waals surface area contributed by atoms with Crippen molar-refractivity contribution in [2.24, 2.45) is 0 Å². The van der Waals surface area contributed by atoms with Gasteiger partial charge >= 0.3 is 6.03 Å². The molecule has 0 saturated carbocycles. The molecule has 1 rings (SSSR count). The summed E-state index contributed by atoms with van der Waals surface area (Å²) in [7, 11) is 1.64. The van der Waals surface area contributed by atoms with E-state index < -0.39 is 0 Å². The fourth-order valence-electron chi connectivity index (χ4n) is 1.19. The van der Waals surface area contributed by atoms with Gasteiger partial charge in [0, 0.05) is 32.5 Å². The lowest BCUT2D eigenvalue weighted by Gasteiger charge is -2.19. The Morgan fingerprint density at radius 1 is 1.50 bits per heavy atom. The number of carbonyl (C=O) groups excluding carboxylic acids is 1. The Labute approximate surface area is 83.9 Å². The van der Waals surface area contributed by atoms with Gasteiger partial charge in [-0.15, -0.1) is 0 Å². The van der Waals surface area contributed by atoms with Crippen LogP contribution in [0.4, 0.5) is 4.79 Å². The van der Waals surface area contributed by atoms with Crippen LogP contribution in [0.1, 0.15) is 12.5 Å². The molecule has 0 aliphatic rings. The van der Waals surface area contributed by atoms with E-state index in [0.717, 1.165) is 5.56 Å². The van der Waals surface area contributed by atoms with Crippen LogP contribution in [0.5, 0.6) is 0 Å². The lowest BCUT2D eigenvalue weighted by atomic mass is 10.2. The van der Waals surface area contributed by atoms with E-state index in [2.05, 4.69) is 10.3 Å². The van der Waals surface area contributed by atoms with Gasteiger partial charge < -0.3 is 10.2 Å². The van der Waals surface area contributed by atoms with Crippen molar-refractivity contribution in [2.75, 3.05) is 13.6 Å². The van der Waals surface area contributed by atoms with Crippen LogP contribution in [-0.4, -0.2) is 29.5 Å². The van der Waals surface area contributed by atoms with Crippen LogP contribution >= 0.6 is 0 Å². The Morgan fingerprint density at radius 2 is 2.14 bits per heavy atom. The molecule has 1 aromatic rings. The third-order valence-corrected chi connectivity index (χ3v) is 2.01. The molecule has 2 amide bonds. The number of rotatable bonds is 3. The van der Waals surface area contributed by atoms with Crippen LogP contribution in [0.3, 0.4) is 0 Å². The van der Waals surface area contributed by atoms with Gasteiger partial charge in [0.25, 0.3) is 0 Å². The molecule has 0 radical (unpaired) electrons. The van der Waals surface area contributed by atoms with Crippen LogP contribution in [0.15, 0.2) is 24.5 Å². The maximum atomic E-state index is 11.3. The Hall–Kier alpha value is -1.58. The third-order valence-electron chi connectivity index (χ3n) is 2.01. The van der Waals surface area contributed by atoms with Gasteiger partial charge in [-0.2, -0.15) is 0 Å². The first-order chi connectivity index (χ1) is 6.77. The Balaban J connectivity index is 2.62. The zero-order chi connectivity index (χ0) is 10.4. The molecule has 76 valence electrons. The van der Waals surface area contributed by atoms with E-state index in [1.165, 1.54) is 0 Å². The first-order valence-electron chi connectivity index (χ1n) is 4.63. The monoisotopic (exact) mass is 193 g/mol. The molecule has 1 N–H and O–H groups in total. The summed E-state index contributed by atoms with van der Waals surface area (Å²) in [6, 6.07) is 3.77. The van der Waals surface area contributed by atoms with Gasteiger partial charge in [-0.1, -0.05) is 0 Å². The van der Waals surface area contributed by atoms with Gasteiger partial charge in [-0.25, -0.2) is 4.79 Å². The van der Waals surface area contributed by atoms with Gasteiger partial charge in [0.15, 0.2) is 0 Å². The van der Waals surface area contributed by atoms with Gasteiger partial charge in [0.05, 0.1) is 0 Å². The Morgan fingerprint density at radius 3 is 2.64 bits per heavy atom. The van der Waals surface area contributed by atoms with Crippen molar-refractivity contribution in [2.45, 2.75) is 13.5 Å². The summed E-state index contributed by atoms with van der Waals surface area (Å²) in [5.41, 5.74) is 1.09. The molecule has 0 saturated heterocycles.